The molecule has 0 aliphatic carbocycles. The number of ether oxygens (including phenoxy) is 4. The molecule has 0 bridgehead atoms. The first kappa shape index (κ1) is 21.5. The van der Waals surface area contributed by atoms with Crippen molar-refractivity contribution in [1.29, 1.82) is 0 Å². The molecule has 0 aliphatic heterocycles. The first-order valence-electron chi connectivity index (χ1n) is 8.63. The highest BCUT2D eigenvalue weighted by Gasteiger charge is 2.12. The zero-order valence-corrected chi connectivity index (χ0v) is 16.4. The summed E-state index contributed by atoms with van der Waals surface area (Å²) in [6.07, 6.45) is 1.42. The minimum atomic E-state index is -0.484. The van der Waals surface area contributed by atoms with E-state index in [0.29, 0.717) is 28.6 Å². The Labute approximate surface area is 168 Å². The zero-order valence-electron chi connectivity index (χ0n) is 16.4. The van der Waals surface area contributed by atoms with E-state index in [0.717, 1.165) is 0 Å². The monoisotopic (exact) mass is 401 g/mol. The Balaban J connectivity index is 1.81. The second-order valence-corrected chi connectivity index (χ2v) is 5.63. The number of nitrogens with one attached hydrogen (secondary N) is 2. The van der Waals surface area contributed by atoms with Crippen LogP contribution < -0.4 is 29.7 Å². The number of amides is 2. The Bertz CT molecular complexity index is 830. The molecule has 0 unspecified atom stereocenters. The predicted octanol–water partition coefficient (Wildman–Crippen LogP) is 1.36. The largest absolute Gasteiger partial charge is 0.493 e. The lowest BCUT2D eigenvalue weighted by Gasteiger charge is -2.12. The summed E-state index contributed by atoms with van der Waals surface area (Å²) in [7, 11) is 4.52. The van der Waals surface area contributed by atoms with Crippen molar-refractivity contribution in [3.05, 3.63) is 48.0 Å². The van der Waals surface area contributed by atoms with E-state index >= 15 is 0 Å². The second kappa shape index (κ2) is 11.2. The molecule has 0 aromatic heterocycles. The van der Waals surface area contributed by atoms with E-state index in [1.807, 2.05) is 6.07 Å². The number of carbonyl (C=O) groups excluding carboxylic acids is 2. The van der Waals surface area contributed by atoms with E-state index < -0.39 is 11.8 Å². The molecule has 29 heavy (non-hydrogen) atoms. The van der Waals surface area contributed by atoms with E-state index in [2.05, 4.69) is 15.8 Å². The van der Waals surface area contributed by atoms with E-state index in [9.17, 15) is 9.59 Å². The quantitative estimate of drug-likeness (QED) is 0.460. The molecule has 2 aromatic carbocycles. The summed E-state index contributed by atoms with van der Waals surface area (Å²) in [4.78, 5) is 23.5. The van der Waals surface area contributed by atoms with Gasteiger partial charge in [-0.2, -0.15) is 5.10 Å². The maximum absolute atomic E-state index is 11.8. The molecule has 0 saturated heterocycles. The molecule has 0 aliphatic rings. The minimum absolute atomic E-state index is 0.188. The van der Waals surface area contributed by atoms with E-state index in [1.165, 1.54) is 27.5 Å². The van der Waals surface area contributed by atoms with Gasteiger partial charge in [-0.15, -0.1) is 0 Å². The fourth-order valence-corrected chi connectivity index (χ4v) is 2.29. The van der Waals surface area contributed by atoms with Crippen molar-refractivity contribution in [3.8, 4) is 23.0 Å². The fraction of sp³-hybridized carbons (Fsp3) is 0.250. The summed E-state index contributed by atoms with van der Waals surface area (Å²) in [5.74, 6) is 1.05. The average Bonchev–Trinajstić information content (AvgIpc) is 2.76. The van der Waals surface area contributed by atoms with Crippen LogP contribution in [0.15, 0.2) is 47.6 Å². The van der Waals surface area contributed by atoms with Crippen molar-refractivity contribution in [2.75, 3.05) is 34.5 Å². The molecule has 2 aromatic rings. The van der Waals surface area contributed by atoms with Crippen LogP contribution in [0.4, 0.5) is 0 Å². The maximum atomic E-state index is 11.8. The Kier molecular flexibility index (Phi) is 8.30. The van der Waals surface area contributed by atoms with Gasteiger partial charge in [-0.05, 0) is 24.3 Å². The average molecular weight is 401 g/mol. The Morgan fingerprint density at radius 3 is 2.21 bits per heavy atom. The molecule has 0 spiro atoms. The van der Waals surface area contributed by atoms with Crippen molar-refractivity contribution in [3.63, 3.8) is 0 Å². The van der Waals surface area contributed by atoms with Gasteiger partial charge in [0.15, 0.2) is 18.1 Å². The van der Waals surface area contributed by atoms with Crippen LogP contribution in [0.3, 0.4) is 0 Å². The van der Waals surface area contributed by atoms with Crippen LogP contribution in [0, 0.1) is 0 Å². The highest BCUT2D eigenvalue weighted by Crippen LogP contribution is 2.37. The lowest BCUT2D eigenvalue weighted by molar-refractivity contribution is -0.127. The first-order chi connectivity index (χ1) is 14.1. The molecular formula is C20H23N3O6. The van der Waals surface area contributed by atoms with Gasteiger partial charge in [0.25, 0.3) is 11.8 Å². The van der Waals surface area contributed by atoms with E-state index in [-0.39, 0.29) is 13.2 Å². The highest BCUT2D eigenvalue weighted by molar-refractivity contribution is 5.87. The summed E-state index contributed by atoms with van der Waals surface area (Å²) in [5, 5.41) is 6.31. The van der Waals surface area contributed by atoms with Gasteiger partial charge in [0.2, 0.25) is 5.75 Å². The molecule has 0 heterocycles. The van der Waals surface area contributed by atoms with Crippen molar-refractivity contribution in [2.24, 2.45) is 5.10 Å². The number of hydrogen-bond donors (Lipinski definition) is 2. The number of methoxy groups -OCH3 is 3. The molecule has 0 atom stereocenters. The Morgan fingerprint density at radius 2 is 1.62 bits per heavy atom. The summed E-state index contributed by atoms with van der Waals surface area (Å²) in [6.45, 7) is -0.421. The summed E-state index contributed by atoms with van der Waals surface area (Å²) < 4.78 is 21.0. The molecule has 0 saturated carbocycles. The van der Waals surface area contributed by atoms with Crippen LogP contribution in [0.25, 0.3) is 0 Å². The number of carbonyl (C=O) groups is 2. The van der Waals surface area contributed by atoms with Crippen LogP contribution in [-0.2, 0) is 9.59 Å². The van der Waals surface area contributed by atoms with Crippen LogP contribution in [0.1, 0.15) is 5.56 Å². The number of para-hydroxylation sites is 1. The summed E-state index contributed by atoms with van der Waals surface area (Å²) in [6, 6.07) is 12.3. The number of rotatable bonds is 10. The van der Waals surface area contributed by atoms with Gasteiger partial charge in [0.05, 0.1) is 34.1 Å². The molecular weight excluding hydrogens is 378 g/mol. The summed E-state index contributed by atoms with van der Waals surface area (Å²) in [5.41, 5.74) is 2.95. The van der Waals surface area contributed by atoms with Crippen molar-refractivity contribution >= 4 is 18.0 Å². The number of benzene rings is 2. The maximum Gasteiger partial charge on any atom is 0.259 e. The molecule has 154 valence electrons. The minimum Gasteiger partial charge on any atom is -0.493 e. The third kappa shape index (κ3) is 6.73. The lowest BCUT2D eigenvalue weighted by atomic mass is 10.2. The molecule has 9 heteroatoms. The van der Waals surface area contributed by atoms with Gasteiger partial charge < -0.3 is 24.3 Å². The van der Waals surface area contributed by atoms with Gasteiger partial charge in [0.1, 0.15) is 5.75 Å². The fourth-order valence-electron chi connectivity index (χ4n) is 2.29. The Hall–Kier alpha value is -3.75. The summed E-state index contributed by atoms with van der Waals surface area (Å²) >= 11 is 0. The SMILES string of the molecule is COc1cc(/C=N\NC(=O)CNC(=O)COc2ccccc2)cc(OC)c1OC. The molecule has 0 fully saturated rings. The molecule has 2 N–H and O–H groups in total. The first-order valence-corrected chi connectivity index (χ1v) is 8.63. The lowest BCUT2D eigenvalue weighted by Crippen LogP contribution is -2.37. The zero-order chi connectivity index (χ0) is 21.1. The van der Waals surface area contributed by atoms with Gasteiger partial charge in [-0.25, -0.2) is 5.43 Å². The molecule has 2 rings (SSSR count). The van der Waals surface area contributed by atoms with Crippen LogP contribution in [0.2, 0.25) is 0 Å². The molecule has 0 radical (unpaired) electrons. The smallest absolute Gasteiger partial charge is 0.259 e. The van der Waals surface area contributed by atoms with Crippen LogP contribution in [0.5, 0.6) is 23.0 Å². The third-order valence-corrected chi connectivity index (χ3v) is 3.65. The van der Waals surface area contributed by atoms with Crippen LogP contribution >= 0.6 is 0 Å². The van der Waals surface area contributed by atoms with Crippen molar-refractivity contribution in [2.45, 2.75) is 0 Å². The number of hydrazone groups is 1. The highest BCUT2D eigenvalue weighted by atomic mass is 16.5. The topological polar surface area (TPSA) is 107 Å². The number of hydrogen-bond acceptors (Lipinski definition) is 7. The van der Waals surface area contributed by atoms with Gasteiger partial charge >= 0.3 is 0 Å². The van der Waals surface area contributed by atoms with Gasteiger partial charge in [-0.1, -0.05) is 18.2 Å². The van der Waals surface area contributed by atoms with E-state index in [1.54, 1.807) is 36.4 Å². The Morgan fingerprint density at radius 1 is 0.966 bits per heavy atom. The van der Waals surface area contributed by atoms with Crippen molar-refractivity contribution < 1.29 is 28.5 Å². The second-order valence-electron chi connectivity index (χ2n) is 5.63. The molecule has 9 nitrogen and oxygen atoms in total. The normalized spacial score (nSPS) is 10.3. The van der Waals surface area contributed by atoms with Crippen molar-refractivity contribution in [1.82, 2.24) is 10.7 Å². The van der Waals surface area contributed by atoms with Gasteiger partial charge in [0, 0.05) is 5.56 Å². The van der Waals surface area contributed by atoms with Crippen LogP contribution in [-0.4, -0.2) is 52.5 Å². The van der Waals surface area contributed by atoms with E-state index in [4.69, 9.17) is 18.9 Å². The van der Waals surface area contributed by atoms with Gasteiger partial charge in [-0.3, -0.25) is 9.59 Å². The number of nitrogens with zero attached hydrogens (tertiary/aromatic N) is 1. The molecule has 2 amide bonds. The predicted molar refractivity (Wildman–Crippen MR) is 107 cm³/mol. The standard InChI is InChI=1S/C20H23N3O6/c1-26-16-9-14(10-17(27-2)20(16)28-3)11-22-23-18(24)12-21-19(25)13-29-15-7-5-4-6-8-15/h4-11H,12-13H2,1-3H3,(H,21,25)(H,23,24)/b22-11-. The third-order valence-electron chi connectivity index (χ3n) is 3.65.